The van der Waals surface area contributed by atoms with Crippen LogP contribution < -0.4 is 0 Å². The minimum absolute atomic E-state index is 0.455. The number of hydrogen-bond acceptors (Lipinski definition) is 1. The Morgan fingerprint density at radius 2 is 2.17 bits per heavy atom. The first-order valence-electron chi connectivity index (χ1n) is 4.29. The third-order valence-corrected chi connectivity index (χ3v) is 2.27. The molecule has 1 nitrogen and oxygen atoms in total. The van der Waals surface area contributed by atoms with Crippen LogP contribution in [0.1, 0.15) is 37.8 Å². The predicted octanol–water partition coefficient (Wildman–Crippen LogP) is 3.42. The molecule has 0 N–H and O–H groups in total. The van der Waals surface area contributed by atoms with Crippen LogP contribution in [0.15, 0.2) is 12.3 Å². The lowest BCUT2D eigenvalue weighted by Gasteiger charge is -2.08. The van der Waals surface area contributed by atoms with E-state index in [1.165, 1.54) is 5.56 Å². The SMILES string of the molecule is CCc1cnc(Cl)c(C(C)C)c1. The van der Waals surface area contributed by atoms with Crippen LogP contribution in [-0.4, -0.2) is 4.98 Å². The van der Waals surface area contributed by atoms with E-state index in [4.69, 9.17) is 11.6 Å². The van der Waals surface area contributed by atoms with Crippen LogP contribution in [-0.2, 0) is 6.42 Å². The topological polar surface area (TPSA) is 12.9 Å². The monoisotopic (exact) mass is 183 g/mol. The van der Waals surface area contributed by atoms with Crippen molar-refractivity contribution in [2.24, 2.45) is 0 Å². The van der Waals surface area contributed by atoms with Crippen molar-refractivity contribution in [3.05, 3.63) is 28.5 Å². The van der Waals surface area contributed by atoms with Gasteiger partial charge in [-0.05, 0) is 23.5 Å². The van der Waals surface area contributed by atoms with Gasteiger partial charge in [0.15, 0.2) is 0 Å². The fourth-order valence-electron chi connectivity index (χ4n) is 1.11. The number of halogens is 1. The van der Waals surface area contributed by atoms with Crippen molar-refractivity contribution < 1.29 is 0 Å². The fourth-order valence-corrected chi connectivity index (χ4v) is 1.43. The zero-order valence-corrected chi connectivity index (χ0v) is 8.52. The molecule has 0 saturated carbocycles. The van der Waals surface area contributed by atoms with Crippen molar-refractivity contribution >= 4 is 11.6 Å². The smallest absolute Gasteiger partial charge is 0.132 e. The molecule has 0 saturated heterocycles. The number of aryl methyl sites for hydroxylation is 1. The van der Waals surface area contributed by atoms with Crippen LogP contribution in [0, 0.1) is 0 Å². The number of nitrogens with zero attached hydrogens (tertiary/aromatic N) is 1. The minimum Gasteiger partial charge on any atom is -0.244 e. The van der Waals surface area contributed by atoms with Gasteiger partial charge in [-0.3, -0.25) is 0 Å². The molecule has 0 spiro atoms. The minimum atomic E-state index is 0.455. The maximum absolute atomic E-state index is 5.94. The van der Waals surface area contributed by atoms with Gasteiger partial charge in [-0.15, -0.1) is 0 Å². The molecule has 0 radical (unpaired) electrons. The standard InChI is InChI=1S/C10H14ClN/c1-4-8-5-9(7(2)3)10(11)12-6-8/h5-7H,4H2,1-3H3. The Morgan fingerprint density at radius 3 is 2.67 bits per heavy atom. The van der Waals surface area contributed by atoms with Crippen LogP contribution in [0.5, 0.6) is 0 Å². The summed E-state index contributed by atoms with van der Waals surface area (Å²) in [5, 5.41) is 0.641. The van der Waals surface area contributed by atoms with Gasteiger partial charge in [-0.25, -0.2) is 4.98 Å². The summed E-state index contributed by atoms with van der Waals surface area (Å²) in [5.41, 5.74) is 2.40. The lowest BCUT2D eigenvalue weighted by atomic mass is 10.0. The Balaban J connectivity index is 3.08. The van der Waals surface area contributed by atoms with Gasteiger partial charge in [0.25, 0.3) is 0 Å². The molecule has 0 atom stereocenters. The van der Waals surface area contributed by atoms with Gasteiger partial charge in [0.2, 0.25) is 0 Å². The highest BCUT2D eigenvalue weighted by Gasteiger charge is 2.06. The maximum atomic E-state index is 5.94. The number of rotatable bonds is 2. The first kappa shape index (κ1) is 9.53. The summed E-state index contributed by atoms with van der Waals surface area (Å²) in [6.07, 6.45) is 2.86. The van der Waals surface area contributed by atoms with E-state index in [0.29, 0.717) is 11.1 Å². The lowest BCUT2D eigenvalue weighted by Crippen LogP contribution is -1.94. The van der Waals surface area contributed by atoms with Gasteiger partial charge in [0.1, 0.15) is 5.15 Å². The van der Waals surface area contributed by atoms with E-state index in [-0.39, 0.29) is 0 Å². The van der Waals surface area contributed by atoms with Crippen molar-refractivity contribution in [3.8, 4) is 0 Å². The Labute approximate surface area is 78.8 Å². The second kappa shape index (κ2) is 3.90. The van der Waals surface area contributed by atoms with Gasteiger partial charge in [0.05, 0.1) is 0 Å². The highest BCUT2D eigenvalue weighted by atomic mass is 35.5. The van der Waals surface area contributed by atoms with Crippen molar-refractivity contribution in [2.75, 3.05) is 0 Å². The molecule has 12 heavy (non-hydrogen) atoms. The van der Waals surface area contributed by atoms with Crippen molar-refractivity contribution in [1.82, 2.24) is 4.98 Å². The van der Waals surface area contributed by atoms with Crippen LogP contribution >= 0.6 is 11.6 Å². The average molecular weight is 184 g/mol. The zero-order chi connectivity index (χ0) is 9.14. The molecule has 0 aliphatic heterocycles. The third-order valence-electron chi connectivity index (χ3n) is 1.95. The summed E-state index contributed by atoms with van der Waals surface area (Å²) in [6.45, 7) is 6.37. The Bertz CT molecular complexity index is 269. The molecule has 0 aliphatic carbocycles. The summed E-state index contributed by atoms with van der Waals surface area (Å²) in [5.74, 6) is 0.455. The third kappa shape index (κ3) is 1.98. The maximum Gasteiger partial charge on any atom is 0.132 e. The number of hydrogen-bond donors (Lipinski definition) is 0. The van der Waals surface area contributed by atoms with Gasteiger partial charge in [-0.2, -0.15) is 0 Å². The van der Waals surface area contributed by atoms with Crippen molar-refractivity contribution in [3.63, 3.8) is 0 Å². The highest BCUT2D eigenvalue weighted by molar-refractivity contribution is 6.30. The molecule has 0 aromatic carbocycles. The molecule has 66 valence electrons. The molecule has 0 fully saturated rings. The van der Waals surface area contributed by atoms with E-state index in [2.05, 4.69) is 31.8 Å². The summed E-state index contributed by atoms with van der Waals surface area (Å²) < 4.78 is 0. The number of aromatic nitrogens is 1. The van der Waals surface area contributed by atoms with Crippen LogP contribution in [0.3, 0.4) is 0 Å². The first-order valence-corrected chi connectivity index (χ1v) is 4.67. The second-order valence-electron chi connectivity index (χ2n) is 3.23. The summed E-state index contributed by atoms with van der Waals surface area (Å²) in [4.78, 5) is 4.14. The molecule has 0 aliphatic rings. The molecule has 2 heteroatoms. The predicted molar refractivity (Wildman–Crippen MR) is 52.7 cm³/mol. The van der Waals surface area contributed by atoms with Gasteiger partial charge >= 0.3 is 0 Å². The zero-order valence-electron chi connectivity index (χ0n) is 7.76. The van der Waals surface area contributed by atoms with Crippen molar-refractivity contribution in [1.29, 1.82) is 0 Å². The number of pyridine rings is 1. The molecule has 1 aromatic heterocycles. The summed E-state index contributed by atoms with van der Waals surface area (Å²) >= 11 is 5.94. The van der Waals surface area contributed by atoms with E-state index in [1.807, 2.05) is 6.20 Å². The first-order chi connectivity index (χ1) is 5.65. The quantitative estimate of drug-likeness (QED) is 0.641. The van der Waals surface area contributed by atoms with Gasteiger partial charge in [0, 0.05) is 6.20 Å². The molecule has 1 aromatic rings. The fraction of sp³-hybridized carbons (Fsp3) is 0.500. The normalized spacial score (nSPS) is 10.8. The molecule has 1 heterocycles. The molecule has 1 rings (SSSR count). The van der Waals surface area contributed by atoms with Crippen LogP contribution in [0.2, 0.25) is 5.15 Å². The summed E-state index contributed by atoms with van der Waals surface area (Å²) in [7, 11) is 0. The average Bonchev–Trinajstić information content (AvgIpc) is 2.05. The van der Waals surface area contributed by atoms with E-state index < -0.39 is 0 Å². The second-order valence-corrected chi connectivity index (χ2v) is 3.59. The Hall–Kier alpha value is -0.560. The highest BCUT2D eigenvalue weighted by Crippen LogP contribution is 2.22. The van der Waals surface area contributed by atoms with E-state index in [0.717, 1.165) is 12.0 Å². The van der Waals surface area contributed by atoms with Gasteiger partial charge in [-0.1, -0.05) is 38.4 Å². The lowest BCUT2D eigenvalue weighted by molar-refractivity contribution is 0.852. The molecule has 0 unspecified atom stereocenters. The molecule has 0 bridgehead atoms. The van der Waals surface area contributed by atoms with Crippen LogP contribution in [0.4, 0.5) is 0 Å². The van der Waals surface area contributed by atoms with E-state index in [1.54, 1.807) is 0 Å². The molecular weight excluding hydrogens is 170 g/mol. The van der Waals surface area contributed by atoms with Gasteiger partial charge < -0.3 is 0 Å². The van der Waals surface area contributed by atoms with Crippen molar-refractivity contribution in [2.45, 2.75) is 33.1 Å². The van der Waals surface area contributed by atoms with E-state index >= 15 is 0 Å². The van der Waals surface area contributed by atoms with E-state index in [9.17, 15) is 0 Å². The molecule has 0 amide bonds. The largest absolute Gasteiger partial charge is 0.244 e. The Kier molecular flexibility index (Phi) is 3.10. The Morgan fingerprint density at radius 1 is 1.50 bits per heavy atom. The molecular formula is C10H14ClN. The van der Waals surface area contributed by atoms with Crippen LogP contribution in [0.25, 0.3) is 0 Å². The summed E-state index contributed by atoms with van der Waals surface area (Å²) in [6, 6.07) is 2.14.